The summed E-state index contributed by atoms with van der Waals surface area (Å²) >= 11 is 0. The zero-order valence-corrected chi connectivity index (χ0v) is 33.7. The fourth-order valence-corrected chi connectivity index (χ4v) is 6.49. The largest absolute Gasteiger partial charge is 0.472 e. The number of rotatable bonds is 39. The lowest BCUT2D eigenvalue weighted by Crippen LogP contribution is -2.29. The second kappa shape index (κ2) is 38.2. The topological polar surface area (TPSA) is 134 Å². The molecule has 9 nitrogen and oxygen atoms in total. The first-order valence-electron chi connectivity index (χ1n) is 20.8. The summed E-state index contributed by atoms with van der Waals surface area (Å²) in [4.78, 5) is 34.8. The van der Waals surface area contributed by atoms with Gasteiger partial charge in [0.1, 0.15) is 6.61 Å². The summed E-state index contributed by atoms with van der Waals surface area (Å²) in [6.45, 7) is 3.71. The molecule has 0 aliphatic rings. The van der Waals surface area contributed by atoms with Crippen molar-refractivity contribution >= 4 is 19.8 Å². The highest BCUT2D eigenvalue weighted by atomic mass is 31.2. The van der Waals surface area contributed by atoms with Crippen molar-refractivity contribution in [3.8, 4) is 0 Å². The van der Waals surface area contributed by atoms with Crippen LogP contribution in [0.4, 0.5) is 0 Å². The summed E-state index contributed by atoms with van der Waals surface area (Å²) in [5.41, 5.74) is 5.34. The van der Waals surface area contributed by atoms with Crippen LogP contribution in [0.15, 0.2) is 24.3 Å². The van der Waals surface area contributed by atoms with Gasteiger partial charge < -0.3 is 20.1 Å². The molecule has 10 heteroatoms. The number of unbranched alkanes of at least 4 members (excludes halogenated alkanes) is 22. The summed E-state index contributed by atoms with van der Waals surface area (Å²) in [5.74, 6) is -0.839. The van der Waals surface area contributed by atoms with E-state index in [1.54, 1.807) is 0 Å². The molecule has 0 saturated carbocycles. The summed E-state index contributed by atoms with van der Waals surface area (Å²) in [7, 11) is -4.37. The van der Waals surface area contributed by atoms with Crippen molar-refractivity contribution in [2.24, 2.45) is 5.73 Å². The van der Waals surface area contributed by atoms with Gasteiger partial charge in [-0.3, -0.25) is 18.6 Å². The minimum atomic E-state index is -4.37. The minimum Gasteiger partial charge on any atom is -0.462 e. The molecule has 2 unspecified atom stereocenters. The van der Waals surface area contributed by atoms with Crippen LogP contribution in [0.3, 0.4) is 0 Å². The molecular weight excluding hydrogens is 665 g/mol. The molecule has 0 radical (unpaired) electrons. The Kier molecular flexibility index (Phi) is 37.1. The molecular formula is C41H78NO8P. The number of allylic oxidation sites excluding steroid dienone is 4. The first-order chi connectivity index (χ1) is 24.8. The van der Waals surface area contributed by atoms with Gasteiger partial charge in [-0.1, -0.05) is 160 Å². The van der Waals surface area contributed by atoms with Crippen LogP contribution in [0, 0.1) is 0 Å². The maximum Gasteiger partial charge on any atom is 0.472 e. The van der Waals surface area contributed by atoms with Gasteiger partial charge in [0.15, 0.2) is 6.10 Å². The third-order valence-electron chi connectivity index (χ3n) is 8.84. The van der Waals surface area contributed by atoms with Gasteiger partial charge in [0, 0.05) is 19.4 Å². The van der Waals surface area contributed by atoms with E-state index < -0.39 is 26.5 Å². The summed E-state index contributed by atoms with van der Waals surface area (Å²) in [6.07, 6.45) is 39.1. The van der Waals surface area contributed by atoms with E-state index in [2.05, 4.69) is 38.2 Å². The smallest absolute Gasteiger partial charge is 0.462 e. The second-order valence-corrected chi connectivity index (χ2v) is 15.3. The molecule has 0 amide bonds. The molecule has 0 bridgehead atoms. The monoisotopic (exact) mass is 744 g/mol. The van der Waals surface area contributed by atoms with Crippen molar-refractivity contribution in [3.63, 3.8) is 0 Å². The summed E-state index contributed by atoms with van der Waals surface area (Å²) in [5, 5.41) is 0. The van der Waals surface area contributed by atoms with Crippen LogP contribution >= 0.6 is 7.82 Å². The summed E-state index contributed by atoms with van der Waals surface area (Å²) < 4.78 is 32.7. The maximum atomic E-state index is 12.5. The van der Waals surface area contributed by atoms with E-state index in [9.17, 15) is 19.0 Å². The lowest BCUT2D eigenvalue weighted by atomic mass is 10.0. The predicted molar refractivity (Wildman–Crippen MR) is 211 cm³/mol. The van der Waals surface area contributed by atoms with Crippen molar-refractivity contribution in [2.75, 3.05) is 26.4 Å². The number of esters is 2. The molecule has 0 spiro atoms. The number of hydrogen-bond acceptors (Lipinski definition) is 8. The Hall–Kier alpha value is -1.51. The van der Waals surface area contributed by atoms with Gasteiger partial charge in [-0.25, -0.2) is 4.57 Å². The van der Waals surface area contributed by atoms with Crippen LogP contribution in [0.25, 0.3) is 0 Å². The average molecular weight is 744 g/mol. The standard InChI is InChI=1S/C41H78NO8P/c1-3-5-7-9-11-13-15-17-19-20-22-24-26-28-30-32-34-41(44)50-39(38-49-51(45,46)48-36-35-42)37-47-40(43)33-31-29-27-25-23-21-18-16-14-12-10-8-6-4-2/h13,15,19-20,39H,3-12,14,16-18,21-38,42H2,1-2H3,(H,45,46)/b15-13-,20-19-. The number of ether oxygens (including phenoxy) is 2. The van der Waals surface area contributed by atoms with Crippen molar-refractivity contribution in [2.45, 2.75) is 200 Å². The fraction of sp³-hybridized carbons (Fsp3) is 0.854. The summed E-state index contributed by atoms with van der Waals surface area (Å²) in [6, 6.07) is 0. The normalized spacial score (nSPS) is 13.6. The zero-order valence-electron chi connectivity index (χ0n) is 32.8. The second-order valence-electron chi connectivity index (χ2n) is 13.9. The van der Waals surface area contributed by atoms with Crippen LogP contribution in [0.1, 0.15) is 194 Å². The molecule has 0 rings (SSSR count). The van der Waals surface area contributed by atoms with E-state index in [0.717, 1.165) is 57.8 Å². The molecule has 0 aromatic rings. The lowest BCUT2D eigenvalue weighted by molar-refractivity contribution is -0.161. The number of phosphoric ester groups is 1. The van der Waals surface area contributed by atoms with Crippen LogP contribution < -0.4 is 5.73 Å². The van der Waals surface area contributed by atoms with Gasteiger partial charge in [-0.15, -0.1) is 0 Å². The third-order valence-corrected chi connectivity index (χ3v) is 9.82. The van der Waals surface area contributed by atoms with Gasteiger partial charge >= 0.3 is 19.8 Å². The number of hydrogen-bond donors (Lipinski definition) is 2. The number of carbonyl (C=O) groups excluding carboxylic acids is 2. The van der Waals surface area contributed by atoms with Crippen LogP contribution in [-0.4, -0.2) is 49.3 Å². The number of phosphoric acid groups is 1. The van der Waals surface area contributed by atoms with Gasteiger partial charge in [-0.05, 0) is 44.9 Å². The van der Waals surface area contributed by atoms with Crippen molar-refractivity contribution in [3.05, 3.63) is 24.3 Å². The van der Waals surface area contributed by atoms with Crippen LogP contribution in [0.2, 0.25) is 0 Å². The molecule has 0 aromatic heterocycles. The highest BCUT2D eigenvalue weighted by Gasteiger charge is 2.26. The molecule has 300 valence electrons. The molecule has 0 aliphatic carbocycles. The average Bonchev–Trinajstić information content (AvgIpc) is 3.11. The lowest BCUT2D eigenvalue weighted by Gasteiger charge is -2.19. The first-order valence-corrected chi connectivity index (χ1v) is 22.3. The fourth-order valence-electron chi connectivity index (χ4n) is 5.72. The Morgan fingerprint density at radius 1 is 0.588 bits per heavy atom. The third kappa shape index (κ3) is 38.0. The molecule has 0 fully saturated rings. The van der Waals surface area contributed by atoms with E-state index >= 15 is 0 Å². The van der Waals surface area contributed by atoms with E-state index in [-0.39, 0.29) is 38.6 Å². The molecule has 0 heterocycles. The predicted octanol–water partition coefficient (Wildman–Crippen LogP) is 11.6. The van der Waals surface area contributed by atoms with Gasteiger partial charge in [0.2, 0.25) is 0 Å². The van der Waals surface area contributed by atoms with E-state index in [1.807, 2.05) is 0 Å². The minimum absolute atomic E-state index is 0.0524. The molecule has 51 heavy (non-hydrogen) atoms. The Morgan fingerprint density at radius 2 is 1.02 bits per heavy atom. The molecule has 2 atom stereocenters. The Bertz CT molecular complexity index is 897. The zero-order chi connectivity index (χ0) is 37.5. The van der Waals surface area contributed by atoms with Crippen molar-refractivity contribution in [1.29, 1.82) is 0 Å². The highest BCUT2D eigenvalue weighted by molar-refractivity contribution is 7.47. The Balaban J connectivity index is 4.19. The molecule has 0 saturated heterocycles. The van der Waals surface area contributed by atoms with E-state index in [0.29, 0.717) is 6.42 Å². The molecule has 0 aliphatic heterocycles. The van der Waals surface area contributed by atoms with Crippen molar-refractivity contribution in [1.82, 2.24) is 0 Å². The maximum absolute atomic E-state index is 12.5. The van der Waals surface area contributed by atoms with E-state index in [4.69, 9.17) is 24.3 Å². The Labute approximate surface area is 312 Å². The van der Waals surface area contributed by atoms with Crippen LogP contribution in [-0.2, 0) is 32.7 Å². The van der Waals surface area contributed by atoms with Gasteiger partial charge in [0.25, 0.3) is 0 Å². The highest BCUT2D eigenvalue weighted by Crippen LogP contribution is 2.43. The SMILES string of the molecule is CCCCCC/C=C\C/C=C\CCCCCCCC(=O)OC(COC(=O)CCCCCCCCCCCCCCCC)COP(=O)(O)OCCN. The quantitative estimate of drug-likeness (QED) is 0.0273. The molecule has 0 aromatic carbocycles. The van der Waals surface area contributed by atoms with Gasteiger partial charge in [-0.2, -0.15) is 0 Å². The number of nitrogens with two attached hydrogens (primary N) is 1. The van der Waals surface area contributed by atoms with Gasteiger partial charge in [0.05, 0.1) is 13.2 Å². The van der Waals surface area contributed by atoms with Crippen LogP contribution in [0.5, 0.6) is 0 Å². The molecule has 3 N–H and O–H groups in total. The first kappa shape index (κ1) is 49.5. The van der Waals surface area contributed by atoms with Crippen molar-refractivity contribution < 1.29 is 37.6 Å². The number of carbonyl (C=O) groups is 2. The Morgan fingerprint density at radius 3 is 1.51 bits per heavy atom. The van der Waals surface area contributed by atoms with E-state index in [1.165, 1.54) is 103 Å².